The number of nitriles is 1. The van der Waals surface area contributed by atoms with Crippen molar-refractivity contribution in [1.82, 2.24) is 9.97 Å². The molecule has 0 aromatic carbocycles. The van der Waals surface area contributed by atoms with Crippen LogP contribution in [0.5, 0.6) is 0 Å². The second-order valence-electron chi connectivity index (χ2n) is 9.22. The summed E-state index contributed by atoms with van der Waals surface area (Å²) in [6.45, 7) is 0.564. The number of rotatable bonds is 6. The van der Waals surface area contributed by atoms with Gasteiger partial charge in [0.25, 0.3) is 0 Å². The first-order chi connectivity index (χ1) is 15.6. The molecular formula is C24H30ClN7O. The molecule has 2 aromatic rings. The molecule has 174 valence electrons. The molecule has 3 atom stereocenters. The third-order valence-electron chi connectivity index (χ3n) is 7.08. The van der Waals surface area contributed by atoms with Crippen LogP contribution in [0.25, 0.3) is 0 Å². The zero-order valence-electron chi connectivity index (χ0n) is 18.5. The predicted molar refractivity (Wildman–Crippen MR) is 131 cm³/mol. The van der Waals surface area contributed by atoms with Gasteiger partial charge in [0.2, 0.25) is 5.91 Å². The molecule has 8 nitrogen and oxygen atoms in total. The number of aromatic nitrogens is 2. The standard InChI is InChI=1S/C24H29N7O.ClH/c25-15-24(16-5-6-16)10-12-31(23(24)32)18-9-11-27-22(13-18)30-21-8-7-17(14-28-21)29-20-4-2-1-3-19(20)26;/h7-9,11,13-14,16,19-20,29H,1-6,10,12,26H2,(H,27,28,30);1H/t19-,20-,24+;/m0./s1. The molecule has 1 aliphatic heterocycles. The van der Waals surface area contributed by atoms with Crippen molar-refractivity contribution in [2.24, 2.45) is 17.1 Å². The highest BCUT2D eigenvalue weighted by atomic mass is 35.5. The summed E-state index contributed by atoms with van der Waals surface area (Å²) in [5.41, 5.74) is 7.10. The lowest BCUT2D eigenvalue weighted by Crippen LogP contribution is -2.42. The number of anilines is 4. The van der Waals surface area contributed by atoms with Gasteiger partial charge in [0, 0.05) is 36.6 Å². The van der Waals surface area contributed by atoms with Crippen LogP contribution in [0.4, 0.5) is 23.0 Å². The Hall–Kier alpha value is -2.89. The van der Waals surface area contributed by atoms with Gasteiger partial charge in [-0.3, -0.25) is 4.79 Å². The van der Waals surface area contributed by atoms with E-state index in [1.54, 1.807) is 17.3 Å². The van der Waals surface area contributed by atoms with Crippen LogP contribution < -0.4 is 21.3 Å². The Kier molecular flexibility index (Phi) is 6.73. The number of nitrogens with two attached hydrogens (primary N) is 1. The van der Waals surface area contributed by atoms with Crippen LogP contribution in [0.15, 0.2) is 36.7 Å². The Morgan fingerprint density at radius 3 is 2.64 bits per heavy atom. The van der Waals surface area contributed by atoms with Crippen molar-refractivity contribution in [3.05, 3.63) is 36.7 Å². The highest BCUT2D eigenvalue weighted by Crippen LogP contribution is 2.51. The highest BCUT2D eigenvalue weighted by Gasteiger charge is 2.56. The first-order valence-electron chi connectivity index (χ1n) is 11.5. The van der Waals surface area contributed by atoms with Gasteiger partial charge in [-0.15, -0.1) is 12.4 Å². The zero-order chi connectivity index (χ0) is 22.1. The number of carbonyl (C=O) groups excluding carboxylic acids is 1. The van der Waals surface area contributed by atoms with Gasteiger partial charge in [-0.05, 0) is 56.2 Å². The molecule has 2 aliphatic carbocycles. The van der Waals surface area contributed by atoms with Gasteiger partial charge in [0.15, 0.2) is 0 Å². The van der Waals surface area contributed by atoms with E-state index >= 15 is 0 Å². The first-order valence-corrected chi connectivity index (χ1v) is 11.5. The Labute approximate surface area is 200 Å². The molecule has 0 bridgehead atoms. The van der Waals surface area contributed by atoms with Crippen molar-refractivity contribution in [3.8, 4) is 6.07 Å². The molecule has 33 heavy (non-hydrogen) atoms. The SMILES string of the molecule is Cl.N#C[C@@]1(C2CC2)CCN(c2ccnc(Nc3ccc(N[C@H]4CCCC[C@@H]4N)cn3)c2)C1=O. The van der Waals surface area contributed by atoms with Crippen LogP contribution in [0.2, 0.25) is 0 Å². The second-order valence-corrected chi connectivity index (χ2v) is 9.22. The molecule has 5 rings (SSSR count). The fourth-order valence-corrected chi connectivity index (χ4v) is 5.03. The van der Waals surface area contributed by atoms with Crippen LogP contribution in [0, 0.1) is 22.7 Å². The molecule has 0 spiro atoms. The average Bonchev–Trinajstić information content (AvgIpc) is 3.61. The van der Waals surface area contributed by atoms with Crippen LogP contribution in [0.1, 0.15) is 44.9 Å². The minimum atomic E-state index is -0.845. The zero-order valence-corrected chi connectivity index (χ0v) is 19.4. The van der Waals surface area contributed by atoms with Gasteiger partial charge in [0.1, 0.15) is 17.1 Å². The summed E-state index contributed by atoms with van der Waals surface area (Å²) in [7, 11) is 0. The maximum absolute atomic E-state index is 13.1. The number of hydrogen-bond donors (Lipinski definition) is 3. The third kappa shape index (κ3) is 4.61. The summed E-state index contributed by atoms with van der Waals surface area (Å²) in [6, 6.07) is 10.4. The van der Waals surface area contributed by atoms with Crippen LogP contribution in [-0.2, 0) is 4.79 Å². The summed E-state index contributed by atoms with van der Waals surface area (Å²) in [4.78, 5) is 23.7. The number of hydrogen-bond acceptors (Lipinski definition) is 7. The molecule has 3 fully saturated rings. The lowest BCUT2D eigenvalue weighted by atomic mass is 9.83. The molecular weight excluding hydrogens is 438 g/mol. The van der Waals surface area contributed by atoms with Gasteiger partial charge < -0.3 is 21.3 Å². The predicted octanol–water partition coefficient (Wildman–Crippen LogP) is 3.98. The normalized spacial score (nSPS) is 26.9. The molecule has 9 heteroatoms. The minimum absolute atomic E-state index is 0. The topological polar surface area (TPSA) is 120 Å². The van der Waals surface area contributed by atoms with Crippen molar-refractivity contribution in [2.75, 3.05) is 22.1 Å². The van der Waals surface area contributed by atoms with Crippen LogP contribution >= 0.6 is 12.4 Å². The second kappa shape index (κ2) is 9.54. The molecule has 1 amide bonds. The largest absolute Gasteiger partial charge is 0.380 e. The molecule has 3 aliphatic rings. The third-order valence-corrected chi connectivity index (χ3v) is 7.08. The van der Waals surface area contributed by atoms with Crippen molar-refractivity contribution in [1.29, 1.82) is 5.26 Å². The molecule has 2 aromatic heterocycles. The van der Waals surface area contributed by atoms with Gasteiger partial charge in [-0.25, -0.2) is 9.97 Å². The number of nitrogens with zero attached hydrogens (tertiary/aromatic N) is 4. The maximum Gasteiger partial charge on any atom is 0.247 e. The lowest BCUT2D eigenvalue weighted by molar-refractivity contribution is -0.123. The Morgan fingerprint density at radius 1 is 1.12 bits per heavy atom. The fourth-order valence-electron chi connectivity index (χ4n) is 5.03. The number of carbonyl (C=O) groups is 1. The monoisotopic (exact) mass is 467 g/mol. The molecule has 1 saturated heterocycles. The number of pyridine rings is 2. The molecule has 2 saturated carbocycles. The van der Waals surface area contributed by atoms with E-state index in [9.17, 15) is 10.1 Å². The first kappa shape index (κ1) is 23.3. The number of nitrogens with one attached hydrogen (secondary N) is 2. The van der Waals surface area contributed by atoms with Crippen molar-refractivity contribution in [3.63, 3.8) is 0 Å². The summed E-state index contributed by atoms with van der Waals surface area (Å²) in [6.07, 6.45) is 10.6. The van der Waals surface area contributed by atoms with Crippen LogP contribution in [0.3, 0.4) is 0 Å². The average molecular weight is 468 g/mol. The van der Waals surface area contributed by atoms with Gasteiger partial charge >= 0.3 is 0 Å². The van der Waals surface area contributed by atoms with E-state index in [-0.39, 0.29) is 36.3 Å². The Balaban J connectivity index is 0.00000259. The van der Waals surface area contributed by atoms with Gasteiger partial charge in [-0.2, -0.15) is 5.26 Å². The number of amides is 1. The highest BCUT2D eigenvalue weighted by molar-refractivity contribution is 6.02. The Morgan fingerprint density at radius 2 is 1.94 bits per heavy atom. The molecule has 0 radical (unpaired) electrons. The quantitative estimate of drug-likeness (QED) is 0.587. The molecule has 4 N–H and O–H groups in total. The summed E-state index contributed by atoms with van der Waals surface area (Å²) >= 11 is 0. The minimum Gasteiger partial charge on any atom is -0.380 e. The summed E-state index contributed by atoms with van der Waals surface area (Å²) < 4.78 is 0. The van der Waals surface area contributed by atoms with Crippen molar-refractivity contribution < 1.29 is 4.79 Å². The smallest absolute Gasteiger partial charge is 0.247 e. The van der Waals surface area contributed by atoms with Gasteiger partial charge in [0.05, 0.1) is 18.0 Å². The van der Waals surface area contributed by atoms with Crippen LogP contribution in [-0.4, -0.2) is 34.5 Å². The number of halogens is 1. The van der Waals surface area contributed by atoms with E-state index in [1.165, 1.54) is 12.8 Å². The molecule has 0 unspecified atom stereocenters. The Bertz CT molecular complexity index is 1040. The van der Waals surface area contributed by atoms with Crippen molar-refractivity contribution >= 4 is 41.3 Å². The fraction of sp³-hybridized carbons (Fsp3) is 0.500. The van der Waals surface area contributed by atoms with E-state index in [2.05, 4.69) is 26.7 Å². The molecule has 3 heterocycles. The van der Waals surface area contributed by atoms with E-state index in [0.717, 1.165) is 37.1 Å². The lowest BCUT2D eigenvalue weighted by Gasteiger charge is -2.30. The van der Waals surface area contributed by atoms with E-state index < -0.39 is 5.41 Å². The van der Waals surface area contributed by atoms with E-state index in [4.69, 9.17) is 5.73 Å². The summed E-state index contributed by atoms with van der Waals surface area (Å²) in [5.74, 6) is 1.42. The summed E-state index contributed by atoms with van der Waals surface area (Å²) in [5, 5.41) is 16.4. The van der Waals surface area contributed by atoms with E-state index in [1.807, 2.05) is 24.3 Å². The van der Waals surface area contributed by atoms with Gasteiger partial charge in [-0.1, -0.05) is 12.8 Å². The van der Waals surface area contributed by atoms with Crippen molar-refractivity contribution in [2.45, 2.75) is 57.0 Å². The maximum atomic E-state index is 13.1. The van der Waals surface area contributed by atoms with E-state index in [0.29, 0.717) is 24.6 Å².